The van der Waals surface area contributed by atoms with Crippen molar-refractivity contribution in [1.29, 1.82) is 0 Å². The van der Waals surface area contributed by atoms with Crippen LogP contribution in [0.2, 0.25) is 0 Å². The van der Waals surface area contributed by atoms with Crippen LogP contribution in [0.5, 0.6) is 11.5 Å². The SMILES string of the molecule is Cc1cc(CC(=O)Nc2cnn(C(C)(C)C)c2)ccc1Oc1ccnc2ccc(S(=O)(=O)c3ncccc3N)cc12. The van der Waals surface area contributed by atoms with E-state index in [-0.39, 0.29) is 33.5 Å². The summed E-state index contributed by atoms with van der Waals surface area (Å²) in [5, 5.41) is 7.51. The second-order valence-corrected chi connectivity index (χ2v) is 12.5. The second kappa shape index (κ2) is 10.7. The van der Waals surface area contributed by atoms with Gasteiger partial charge in [0.05, 0.1) is 39.9 Å². The molecule has 210 valence electrons. The number of hydrogen-bond acceptors (Lipinski definition) is 8. The van der Waals surface area contributed by atoms with Crippen LogP contribution in [-0.2, 0) is 26.6 Å². The van der Waals surface area contributed by atoms with Crippen molar-refractivity contribution in [2.24, 2.45) is 0 Å². The Bertz CT molecular complexity index is 1880. The lowest BCUT2D eigenvalue weighted by Gasteiger charge is -2.18. The average Bonchev–Trinajstić information content (AvgIpc) is 3.39. The largest absolute Gasteiger partial charge is 0.456 e. The second-order valence-electron chi connectivity index (χ2n) is 10.7. The van der Waals surface area contributed by atoms with E-state index in [4.69, 9.17) is 10.5 Å². The molecule has 3 heterocycles. The lowest BCUT2D eigenvalue weighted by Crippen LogP contribution is -2.22. The Kier molecular flexibility index (Phi) is 7.22. The van der Waals surface area contributed by atoms with Gasteiger partial charge in [0.15, 0.2) is 5.03 Å². The highest BCUT2D eigenvalue weighted by Crippen LogP contribution is 2.34. The molecule has 11 heteroatoms. The predicted molar refractivity (Wildman–Crippen MR) is 157 cm³/mol. The lowest BCUT2D eigenvalue weighted by molar-refractivity contribution is -0.115. The standard InChI is InChI=1S/C30H30N6O4S/c1-19-14-20(15-28(37)35-21-17-34-36(18-21)30(2,3)4)7-10-26(19)40-27-11-13-32-25-9-8-22(16-23(25)27)41(38,39)29-24(31)6-5-12-33-29/h5-14,16-18H,15,31H2,1-4H3,(H,35,37). The summed E-state index contributed by atoms with van der Waals surface area (Å²) in [5.74, 6) is 0.842. The molecular formula is C30H30N6O4S. The van der Waals surface area contributed by atoms with Gasteiger partial charge < -0.3 is 15.8 Å². The van der Waals surface area contributed by atoms with Crippen molar-refractivity contribution in [2.45, 2.75) is 49.6 Å². The van der Waals surface area contributed by atoms with E-state index < -0.39 is 9.84 Å². The Morgan fingerprint density at radius 2 is 1.83 bits per heavy atom. The van der Waals surface area contributed by atoms with Crippen LogP contribution in [0.1, 0.15) is 31.9 Å². The summed E-state index contributed by atoms with van der Waals surface area (Å²) >= 11 is 0. The number of fused-ring (bicyclic) bond motifs is 1. The van der Waals surface area contributed by atoms with Crippen molar-refractivity contribution in [2.75, 3.05) is 11.1 Å². The maximum absolute atomic E-state index is 13.3. The molecule has 0 bridgehead atoms. The zero-order valence-electron chi connectivity index (χ0n) is 23.1. The highest BCUT2D eigenvalue weighted by molar-refractivity contribution is 7.91. The van der Waals surface area contributed by atoms with E-state index in [0.29, 0.717) is 28.1 Å². The third kappa shape index (κ3) is 5.90. The maximum Gasteiger partial charge on any atom is 0.228 e. The third-order valence-electron chi connectivity index (χ3n) is 6.42. The van der Waals surface area contributed by atoms with Gasteiger partial charge in [-0.2, -0.15) is 5.10 Å². The first-order valence-corrected chi connectivity index (χ1v) is 14.4. The van der Waals surface area contributed by atoms with Crippen LogP contribution in [-0.4, -0.2) is 34.1 Å². The predicted octanol–water partition coefficient (Wildman–Crippen LogP) is 5.28. The number of nitrogens with zero attached hydrogens (tertiary/aromatic N) is 4. The number of nitrogen functional groups attached to an aromatic ring is 1. The van der Waals surface area contributed by atoms with Crippen molar-refractivity contribution in [3.8, 4) is 11.5 Å². The van der Waals surface area contributed by atoms with Gasteiger partial charge in [-0.3, -0.25) is 14.5 Å². The summed E-state index contributed by atoms with van der Waals surface area (Å²) < 4.78 is 34.6. The molecule has 5 aromatic rings. The van der Waals surface area contributed by atoms with Crippen LogP contribution in [0, 0.1) is 6.92 Å². The number of nitrogens with one attached hydrogen (secondary N) is 1. The molecule has 2 aromatic carbocycles. The number of carbonyl (C=O) groups is 1. The number of ether oxygens (including phenoxy) is 1. The van der Waals surface area contributed by atoms with E-state index >= 15 is 0 Å². The Hall–Kier alpha value is -4.77. The molecule has 0 saturated heterocycles. The van der Waals surface area contributed by atoms with Gasteiger partial charge in [0.25, 0.3) is 0 Å². The molecule has 0 atom stereocenters. The summed E-state index contributed by atoms with van der Waals surface area (Å²) in [6, 6.07) is 14.8. The molecular weight excluding hydrogens is 540 g/mol. The van der Waals surface area contributed by atoms with Crippen molar-refractivity contribution in [1.82, 2.24) is 19.7 Å². The number of carbonyl (C=O) groups excluding carboxylic acids is 1. The van der Waals surface area contributed by atoms with E-state index in [2.05, 4.69) is 20.4 Å². The first-order valence-electron chi connectivity index (χ1n) is 12.9. The van der Waals surface area contributed by atoms with Gasteiger partial charge in [-0.1, -0.05) is 12.1 Å². The fourth-order valence-corrected chi connectivity index (χ4v) is 5.62. The number of aromatic nitrogens is 4. The molecule has 0 fully saturated rings. The molecule has 0 radical (unpaired) electrons. The van der Waals surface area contributed by atoms with Gasteiger partial charge in [-0.05, 0) is 81.3 Å². The Morgan fingerprint density at radius 3 is 2.54 bits per heavy atom. The van der Waals surface area contributed by atoms with Crippen LogP contribution >= 0.6 is 0 Å². The van der Waals surface area contributed by atoms with E-state index in [9.17, 15) is 13.2 Å². The molecule has 3 aromatic heterocycles. The third-order valence-corrected chi connectivity index (χ3v) is 8.14. The Labute approximate surface area is 238 Å². The van der Waals surface area contributed by atoms with Gasteiger partial charge in [0.1, 0.15) is 11.5 Å². The zero-order valence-corrected chi connectivity index (χ0v) is 23.9. The minimum atomic E-state index is -3.97. The van der Waals surface area contributed by atoms with E-state index in [0.717, 1.165) is 11.1 Å². The summed E-state index contributed by atoms with van der Waals surface area (Å²) in [5.41, 5.74) is 8.61. The van der Waals surface area contributed by atoms with Gasteiger partial charge in [-0.25, -0.2) is 13.4 Å². The Morgan fingerprint density at radius 1 is 1.02 bits per heavy atom. The van der Waals surface area contributed by atoms with Crippen molar-refractivity contribution >= 4 is 38.0 Å². The van der Waals surface area contributed by atoms with E-state index in [1.54, 1.807) is 47.5 Å². The number of nitrogens with two attached hydrogens (primary N) is 1. The average molecular weight is 571 g/mol. The molecule has 41 heavy (non-hydrogen) atoms. The van der Waals surface area contributed by atoms with Gasteiger partial charge >= 0.3 is 0 Å². The molecule has 0 saturated carbocycles. The molecule has 0 aliphatic heterocycles. The fraction of sp³-hybridized carbons (Fsp3) is 0.200. The number of amides is 1. The van der Waals surface area contributed by atoms with Crippen molar-refractivity contribution in [3.63, 3.8) is 0 Å². The van der Waals surface area contributed by atoms with E-state index in [1.165, 1.54) is 24.4 Å². The summed E-state index contributed by atoms with van der Waals surface area (Å²) in [7, 11) is -3.97. The number of anilines is 2. The van der Waals surface area contributed by atoms with Gasteiger partial charge in [-0.15, -0.1) is 0 Å². The topological polar surface area (TPSA) is 142 Å². The molecule has 1 amide bonds. The molecule has 5 rings (SSSR count). The number of hydrogen-bond donors (Lipinski definition) is 2. The summed E-state index contributed by atoms with van der Waals surface area (Å²) in [6.45, 7) is 7.98. The molecule has 10 nitrogen and oxygen atoms in total. The molecule has 0 aliphatic rings. The zero-order chi connectivity index (χ0) is 29.4. The number of aryl methyl sites for hydroxylation is 1. The Balaban J connectivity index is 1.36. The van der Waals surface area contributed by atoms with Gasteiger partial charge in [0.2, 0.25) is 15.7 Å². The lowest BCUT2D eigenvalue weighted by atomic mass is 10.1. The van der Waals surface area contributed by atoms with Crippen LogP contribution in [0.15, 0.2) is 89.3 Å². The number of sulfone groups is 1. The molecule has 0 aliphatic carbocycles. The first kappa shape index (κ1) is 27.8. The number of pyridine rings is 2. The fourth-order valence-electron chi connectivity index (χ4n) is 4.29. The smallest absolute Gasteiger partial charge is 0.228 e. The molecule has 0 unspecified atom stereocenters. The molecule has 0 spiro atoms. The van der Waals surface area contributed by atoms with Crippen LogP contribution in [0.3, 0.4) is 0 Å². The van der Waals surface area contributed by atoms with Crippen molar-refractivity contribution < 1.29 is 17.9 Å². The van der Waals surface area contributed by atoms with E-state index in [1.807, 2.05) is 39.8 Å². The summed E-state index contributed by atoms with van der Waals surface area (Å²) in [4.78, 5) is 21.0. The first-order chi connectivity index (χ1) is 19.4. The van der Waals surface area contributed by atoms with Crippen molar-refractivity contribution in [3.05, 3.63) is 90.5 Å². The van der Waals surface area contributed by atoms with Crippen LogP contribution in [0.4, 0.5) is 11.4 Å². The quantitative estimate of drug-likeness (QED) is 0.269. The summed E-state index contributed by atoms with van der Waals surface area (Å²) in [6.07, 6.45) is 6.60. The highest BCUT2D eigenvalue weighted by Gasteiger charge is 2.23. The number of rotatable bonds is 7. The maximum atomic E-state index is 13.3. The van der Waals surface area contributed by atoms with Gasteiger partial charge in [0, 0.05) is 24.0 Å². The monoisotopic (exact) mass is 570 g/mol. The van der Waals surface area contributed by atoms with Crippen LogP contribution < -0.4 is 15.8 Å². The molecule has 3 N–H and O–H groups in total. The number of benzene rings is 2. The normalized spacial score (nSPS) is 11.9. The minimum Gasteiger partial charge on any atom is -0.456 e. The van der Waals surface area contributed by atoms with Crippen LogP contribution in [0.25, 0.3) is 10.9 Å². The highest BCUT2D eigenvalue weighted by atomic mass is 32.2. The minimum absolute atomic E-state index is 0.0272.